The maximum absolute atomic E-state index is 12.1. The summed E-state index contributed by atoms with van der Waals surface area (Å²) in [5.41, 5.74) is 5.44. The highest BCUT2D eigenvalue weighted by molar-refractivity contribution is 6.35. The normalized spacial score (nSPS) is 18.7. The minimum atomic E-state index is -0.361. The number of rotatable bonds is 2. The first-order valence-electron chi connectivity index (χ1n) is 6.23. The SMILES string of the molecule is N=C(N)N1CCCC(C(=O)Oc2ccc(Cl)cc2Cl)C1. The van der Waals surface area contributed by atoms with Crippen molar-refractivity contribution in [3.8, 4) is 5.75 Å². The van der Waals surface area contributed by atoms with Crippen LogP contribution in [0, 0.1) is 11.3 Å². The molecule has 0 radical (unpaired) electrons. The molecule has 0 saturated carbocycles. The molecule has 7 heteroatoms. The zero-order valence-corrected chi connectivity index (χ0v) is 12.2. The first-order chi connectivity index (χ1) is 9.47. The van der Waals surface area contributed by atoms with Crippen molar-refractivity contribution in [3.63, 3.8) is 0 Å². The van der Waals surface area contributed by atoms with Crippen molar-refractivity contribution < 1.29 is 9.53 Å². The number of carbonyl (C=O) groups excluding carboxylic acids is 1. The zero-order chi connectivity index (χ0) is 14.7. The predicted octanol–water partition coefficient (Wildman–Crippen LogP) is 2.50. The van der Waals surface area contributed by atoms with Crippen molar-refractivity contribution in [1.29, 1.82) is 5.41 Å². The summed E-state index contributed by atoms with van der Waals surface area (Å²) < 4.78 is 5.30. The fourth-order valence-electron chi connectivity index (χ4n) is 2.14. The van der Waals surface area contributed by atoms with Gasteiger partial charge in [-0.15, -0.1) is 0 Å². The second-order valence-corrected chi connectivity index (χ2v) is 5.51. The van der Waals surface area contributed by atoms with Crippen molar-refractivity contribution >= 4 is 35.1 Å². The Hall–Kier alpha value is -1.46. The molecular formula is C13H15Cl2N3O2. The van der Waals surface area contributed by atoms with Gasteiger partial charge in [-0.3, -0.25) is 10.2 Å². The molecule has 0 aliphatic carbocycles. The number of nitrogens with two attached hydrogens (primary N) is 1. The van der Waals surface area contributed by atoms with Crippen molar-refractivity contribution in [2.75, 3.05) is 13.1 Å². The van der Waals surface area contributed by atoms with Gasteiger partial charge >= 0.3 is 5.97 Å². The molecule has 3 N–H and O–H groups in total. The number of ether oxygens (including phenoxy) is 1. The third kappa shape index (κ3) is 3.55. The molecule has 1 heterocycles. The van der Waals surface area contributed by atoms with Gasteiger partial charge in [0.25, 0.3) is 0 Å². The van der Waals surface area contributed by atoms with Crippen LogP contribution in [-0.2, 0) is 4.79 Å². The monoisotopic (exact) mass is 315 g/mol. The number of nitrogens with one attached hydrogen (secondary N) is 1. The van der Waals surface area contributed by atoms with Crippen LogP contribution in [0.15, 0.2) is 18.2 Å². The molecule has 1 aromatic rings. The van der Waals surface area contributed by atoms with Gasteiger partial charge in [-0.1, -0.05) is 23.2 Å². The number of benzene rings is 1. The predicted molar refractivity (Wildman–Crippen MR) is 78.3 cm³/mol. The molecule has 0 aromatic heterocycles. The Labute approximate surface area is 127 Å². The van der Waals surface area contributed by atoms with Gasteiger partial charge in [-0.2, -0.15) is 0 Å². The summed E-state index contributed by atoms with van der Waals surface area (Å²) in [5, 5.41) is 8.19. The lowest BCUT2D eigenvalue weighted by molar-refractivity contribution is -0.140. The topological polar surface area (TPSA) is 79.4 Å². The van der Waals surface area contributed by atoms with Crippen LogP contribution in [0.1, 0.15) is 12.8 Å². The van der Waals surface area contributed by atoms with Gasteiger partial charge in [-0.05, 0) is 31.0 Å². The van der Waals surface area contributed by atoms with Crippen LogP contribution in [0.25, 0.3) is 0 Å². The minimum absolute atomic E-state index is 0.0213. The van der Waals surface area contributed by atoms with Gasteiger partial charge in [0, 0.05) is 18.1 Å². The van der Waals surface area contributed by atoms with Gasteiger partial charge in [0.05, 0.1) is 10.9 Å². The molecule has 5 nitrogen and oxygen atoms in total. The maximum atomic E-state index is 12.1. The lowest BCUT2D eigenvalue weighted by Crippen LogP contribution is -2.46. The molecule has 2 rings (SSSR count). The second-order valence-electron chi connectivity index (χ2n) is 4.67. The number of piperidine rings is 1. The van der Waals surface area contributed by atoms with E-state index in [1.165, 1.54) is 6.07 Å². The van der Waals surface area contributed by atoms with E-state index in [1.807, 2.05) is 0 Å². The number of guanidine groups is 1. The number of nitrogens with zero attached hydrogens (tertiary/aromatic N) is 1. The number of likely N-dealkylation sites (tertiary alicyclic amines) is 1. The van der Waals surface area contributed by atoms with E-state index >= 15 is 0 Å². The van der Waals surface area contributed by atoms with E-state index in [9.17, 15) is 4.79 Å². The summed E-state index contributed by atoms with van der Waals surface area (Å²) in [4.78, 5) is 13.8. The Balaban J connectivity index is 2.02. The van der Waals surface area contributed by atoms with Crippen molar-refractivity contribution in [1.82, 2.24) is 4.90 Å². The smallest absolute Gasteiger partial charge is 0.316 e. The second kappa shape index (κ2) is 6.33. The fourth-order valence-corrected chi connectivity index (χ4v) is 2.59. The largest absolute Gasteiger partial charge is 0.425 e. The van der Waals surface area contributed by atoms with Crippen LogP contribution in [-0.4, -0.2) is 29.9 Å². The van der Waals surface area contributed by atoms with Crippen molar-refractivity contribution in [3.05, 3.63) is 28.2 Å². The summed E-state index contributed by atoms with van der Waals surface area (Å²) in [6.07, 6.45) is 1.52. The lowest BCUT2D eigenvalue weighted by Gasteiger charge is -2.31. The molecule has 1 unspecified atom stereocenters. The Morgan fingerprint density at radius 1 is 1.45 bits per heavy atom. The molecule has 0 bridgehead atoms. The summed E-state index contributed by atoms with van der Waals surface area (Å²) in [6, 6.07) is 4.70. The van der Waals surface area contributed by atoms with Gasteiger partial charge in [-0.25, -0.2) is 0 Å². The molecule has 1 atom stereocenters. The minimum Gasteiger partial charge on any atom is -0.425 e. The van der Waals surface area contributed by atoms with Crippen LogP contribution < -0.4 is 10.5 Å². The summed E-state index contributed by atoms with van der Waals surface area (Å²) in [5.74, 6) is -0.396. The van der Waals surface area contributed by atoms with E-state index in [-0.39, 0.29) is 17.8 Å². The fraction of sp³-hybridized carbons (Fsp3) is 0.385. The molecule has 1 aliphatic rings. The summed E-state index contributed by atoms with van der Waals surface area (Å²) in [7, 11) is 0. The first kappa shape index (κ1) is 14.9. The van der Waals surface area contributed by atoms with Gasteiger partial charge in [0.15, 0.2) is 5.96 Å². The third-order valence-corrected chi connectivity index (χ3v) is 3.73. The highest BCUT2D eigenvalue weighted by atomic mass is 35.5. The van der Waals surface area contributed by atoms with Crippen LogP contribution in [0.2, 0.25) is 10.0 Å². The molecule has 108 valence electrons. The van der Waals surface area contributed by atoms with E-state index in [0.717, 1.165) is 6.42 Å². The van der Waals surface area contributed by atoms with Crippen LogP contribution >= 0.6 is 23.2 Å². The molecular weight excluding hydrogens is 301 g/mol. The number of carbonyl (C=O) groups is 1. The highest BCUT2D eigenvalue weighted by Gasteiger charge is 2.28. The van der Waals surface area contributed by atoms with Crippen LogP contribution in [0.3, 0.4) is 0 Å². The number of hydrogen-bond acceptors (Lipinski definition) is 3. The average Bonchev–Trinajstić information content (AvgIpc) is 2.42. The molecule has 1 aromatic carbocycles. The quantitative estimate of drug-likeness (QED) is 0.380. The molecule has 0 amide bonds. The van der Waals surface area contributed by atoms with E-state index in [0.29, 0.717) is 35.3 Å². The van der Waals surface area contributed by atoms with Crippen molar-refractivity contribution in [2.24, 2.45) is 11.7 Å². The lowest BCUT2D eigenvalue weighted by atomic mass is 9.98. The average molecular weight is 316 g/mol. The number of halogens is 2. The Kier molecular flexibility index (Phi) is 4.73. The standard InChI is InChI=1S/C13H15Cl2N3O2/c14-9-3-4-11(10(15)6-9)20-12(19)8-2-1-5-18(7-8)13(16)17/h3-4,6,8H,1-2,5,7H2,(H3,16,17). The summed E-state index contributed by atoms with van der Waals surface area (Å²) >= 11 is 11.8. The van der Waals surface area contributed by atoms with E-state index in [2.05, 4.69) is 0 Å². The number of hydrogen-bond donors (Lipinski definition) is 2. The third-order valence-electron chi connectivity index (χ3n) is 3.20. The highest BCUT2D eigenvalue weighted by Crippen LogP contribution is 2.29. The van der Waals surface area contributed by atoms with Gasteiger partial charge < -0.3 is 15.4 Å². The maximum Gasteiger partial charge on any atom is 0.316 e. The van der Waals surface area contributed by atoms with Crippen molar-refractivity contribution in [2.45, 2.75) is 12.8 Å². The molecule has 1 fully saturated rings. The zero-order valence-electron chi connectivity index (χ0n) is 10.7. The number of esters is 1. The van der Waals surface area contributed by atoms with E-state index in [4.69, 9.17) is 39.1 Å². The molecule has 1 aliphatic heterocycles. The Bertz CT molecular complexity index is 536. The first-order valence-corrected chi connectivity index (χ1v) is 6.98. The van der Waals surface area contributed by atoms with Gasteiger partial charge in [0.2, 0.25) is 0 Å². The molecule has 0 spiro atoms. The summed E-state index contributed by atoms with van der Waals surface area (Å²) in [6.45, 7) is 1.10. The Morgan fingerprint density at radius 3 is 2.85 bits per heavy atom. The molecule has 20 heavy (non-hydrogen) atoms. The molecule has 1 saturated heterocycles. The van der Waals surface area contributed by atoms with Crippen LogP contribution in [0.4, 0.5) is 0 Å². The van der Waals surface area contributed by atoms with Gasteiger partial charge in [0.1, 0.15) is 5.75 Å². The van der Waals surface area contributed by atoms with E-state index in [1.54, 1.807) is 17.0 Å². The van der Waals surface area contributed by atoms with E-state index < -0.39 is 0 Å². The Morgan fingerprint density at radius 2 is 2.20 bits per heavy atom. The van der Waals surface area contributed by atoms with Crippen LogP contribution in [0.5, 0.6) is 5.75 Å².